The lowest BCUT2D eigenvalue weighted by molar-refractivity contribution is -0.112. The van der Waals surface area contributed by atoms with Crippen molar-refractivity contribution in [2.24, 2.45) is 0 Å². The predicted octanol–water partition coefficient (Wildman–Crippen LogP) is 3.74. The summed E-state index contributed by atoms with van der Waals surface area (Å²) < 4.78 is 11.8. The standard InChI is InChI=1S/C13H21BO3.C2H6/c1-7-11(9-8-10(2)15)14-16-12(3,4)13(5,6)17-14;1-2/h7-9H,1-6H3;1-2H3/b9-8+,11-7-;. The lowest BCUT2D eigenvalue weighted by Crippen LogP contribution is -2.41. The zero-order valence-electron chi connectivity index (χ0n) is 13.5. The van der Waals surface area contributed by atoms with Gasteiger partial charge in [-0.3, -0.25) is 4.79 Å². The van der Waals surface area contributed by atoms with E-state index in [0.717, 1.165) is 5.47 Å². The van der Waals surface area contributed by atoms with Crippen LogP contribution in [0, 0.1) is 0 Å². The Labute approximate surface area is 118 Å². The minimum atomic E-state index is -0.402. The fraction of sp³-hybridized carbons (Fsp3) is 0.667. The summed E-state index contributed by atoms with van der Waals surface area (Å²) in [5.41, 5.74) is 0.172. The molecule has 1 fully saturated rings. The summed E-state index contributed by atoms with van der Waals surface area (Å²) in [6.07, 6.45) is 5.19. The molecule has 1 aliphatic rings. The number of carbonyl (C=O) groups is 1. The monoisotopic (exact) mass is 266 g/mol. The van der Waals surface area contributed by atoms with Gasteiger partial charge < -0.3 is 9.31 Å². The van der Waals surface area contributed by atoms with Crippen molar-refractivity contribution in [2.45, 2.75) is 66.6 Å². The lowest BCUT2D eigenvalue weighted by Gasteiger charge is -2.32. The number of ketones is 1. The highest BCUT2D eigenvalue weighted by atomic mass is 16.7. The molecule has 1 rings (SSSR count). The molecular formula is C15H27BO3. The van der Waals surface area contributed by atoms with Crippen LogP contribution in [0.5, 0.6) is 0 Å². The molecule has 3 nitrogen and oxygen atoms in total. The molecule has 0 unspecified atom stereocenters. The summed E-state index contributed by atoms with van der Waals surface area (Å²) in [5, 5.41) is 0. The molecule has 0 atom stereocenters. The molecule has 0 radical (unpaired) electrons. The van der Waals surface area contributed by atoms with Gasteiger partial charge in [0.1, 0.15) is 0 Å². The molecule has 0 saturated carbocycles. The molecule has 0 bridgehead atoms. The maximum atomic E-state index is 10.9. The van der Waals surface area contributed by atoms with Gasteiger partial charge >= 0.3 is 7.12 Å². The van der Waals surface area contributed by atoms with Crippen molar-refractivity contribution in [1.82, 2.24) is 0 Å². The molecular weight excluding hydrogens is 239 g/mol. The van der Waals surface area contributed by atoms with Crippen molar-refractivity contribution in [3.63, 3.8) is 0 Å². The van der Waals surface area contributed by atoms with E-state index in [1.165, 1.54) is 13.0 Å². The summed E-state index contributed by atoms with van der Waals surface area (Å²) >= 11 is 0. The molecule has 4 heteroatoms. The zero-order valence-corrected chi connectivity index (χ0v) is 13.5. The van der Waals surface area contributed by atoms with Crippen LogP contribution < -0.4 is 0 Å². The van der Waals surface area contributed by atoms with Crippen LogP contribution in [0.15, 0.2) is 23.7 Å². The first kappa shape index (κ1) is 18.1. The Hall–Kier alpha value is -0.865. The van der Waals surface area contributed by atoms with Crippen LogP contribution in [0.2, 0.25) is 0 Å². The molecule has 1 heterocycles. The maximum Gasteiger partial charge on any atom is 0.494 e. The SMILES string of the molecule is C/C=C(/C=C/C(C)=O)B1OC(C)(C)C(C)(C)O1.CC. The minimum Gasteiger partial charge on any atom is -0.399 e. The minimum absolute atomic E-state index is 0.0147. The molecule has 19 heavy (non-hydrogen) atoms. The highest BCUT2D eigenvalue weighted by Crippen LogP contribution is 2.38. The Morgan fingerprint density at radius 3 is 1.74 bits per heavy atom. The maximum absolute atomic E-state index is 10.9. The normalized spacial score (nSPS) is 21.3. The van der Waals surface area contributed by atoms with Gasteiger partial charge in [-0.05, 0) is 53.1 Å². The Balaban J connectivity index is 0.00000154. The summed E-state index contributed by atoms with van der Waals surface area (Å²) in [6, 6.07) is 0. The lowest BCUT2D eigenvalue weighted by atomic mass is 9.77. The quantitative estimate of drug-likeness (QED) is 0.443. The largest absolute Gasteiger partial charge is 0.494 e. The third-order valence-corrected chi connectivity index (χ3v) is 3.37. The summed E-state index contributed by atoms with van der Waals surface area (Å²) in [4.78, 5) is 10.9. The molecule has 1 aliphatic heterocycles. The van der Waals surface area contributed by atoms with Crippen LogP contribution in [0.4, 0.5) is 0 Å². The van der Waals surface area contributed by atoms with E-state index in [0.29, 0.717) is 0 Å². The molecule has 1 saturated heterocycles. The van der Waals surface area contributed by atoms with Crippen molar-refractivity contribution in [1.29, 1.82) is 0 Å². The topological polar surface area (TPSA) is 35.5 Å². The van der Waals surface area contributed by atoms with Gasteiger partial charge in [0.05, 0.1) is 11.2 Å². The number of rotatable bonds is 3. The van der Waals surface area contributed by atoms with Gasteiger partial charge in [-0.15, -0.1) is 0 Å². The second-order valence-corrected chi connectivity index (χ2v) is 5.32. The predicted molar refractivity (Wildman–Crippen MR) is 81.0 cm³/mol. The van der Waals surface area contributed by atoms with Crippen LogP contribution in [0.25, 0.3) is 0 Å². The molecule has 0 aliphatic carbocycles. The van der Waals surface area contributed by atoms with Crippen molar-refractivity contribution >= 4 is 12.9 Å². The van der Waals surface area contributed by atoms with Gasteiger partial charge in [0, 0.05) is 0 Å². The van der Waals surface area contributed by atoms with Gasteiger partial charge in [-0.25, -0.2) is 0 Å². The van der Waals surface area contributed by atoms with Crippen LogP contribution in [0.3, 0.4) is 0 Å². The first-order chi connectivity index (χ1) is 8.69. The first-order valence-corrected chi connectivity index (χ1v) is 6.90. The van der Waals surface area contributed by atoms with Gasteiger partial charge in [-0.1, -0.05) is 26.0 Å². The van der Waals surface area contributed by atoms with Gasteiger partial charge in [0.25, 0.3) is 0 Å². The average molecular weight is 266 g/mol. The van der Waals surface area contributed by atoms with E-state index in [-0.39, 0.29) is 17.0 Å². The second kappa shape index (κ2) is 7.06. The van der Waals surface area contributed by atoms with Crippen LogP contribution in [0.1, 0.15) is 55.4 Å². The fourth-order valence-electron chi connectivity index (χ4n) is 1.50. The van der Waals surface area contributed by atoms with Gasteiger partial charge in [-0.2, -0.15) is 0 Å². The molecule has 0 N–H and O–H groups in total. The van der Waals surface area contributed by atoms with E-state index in [4.69, 9.17) is 9.31 Å². The van der Waals surface area contributed by atoms with E-state index in [2.05, 4.69) is 0 Å². The number of hydrogen-bond donors (Lipinski definition) is 0. The fourth-order valence-corrected chi connectivity index (χ4v) is 1.50. The Morgan fingerprint density at radius 1 is 1.00 bits per heavy atom. The Bertz CT molecular complexity index is 352. The molecule has 0 aromatic carbocycles. The Morgan fingerprint density at radius 2 is 1.42 bits per heavy atom. The smallest absolute Gasteiger partial charge is 0.399 e. The summed E-state index contributed by atoms with van der Waals surface area (Å²) in [5.74, 6) is 0.0147. The third-order valence-electron chi connectivity index (χ3n) is 3.37. The summed E-state index contributed by atoms with van der Waals surface area (Å²) in [6.45, 7) is 15.5. The van der Waals surface area contributed by atoms with E-state index >= 15 is 0 Å². The van der Waals surface area contributed by atoms with Crippen molar-refractivity contribution in [2.75, 3.05) is 0 Å². The number of carbonyl (C=O) groups excluding carboxylic acids is 1. The van der Waals surface area contributed by atoms with Crippen molar-refractivity contribution in [3.05, 3.63) is 23.7 Å². The van der Waals surface area contributed by atoms with Gasteiger partial charge in [0.15, 0.2) is 5.78 Å². The van der Waals surface area contributed by atoms with Crippen LogP contribution in [-0.2, 0) is 14.1 Å². The third kappa shape index (κ3) is 4.62. The van der Waals surface area contributed by atoms with E-state index in [1.54, 1.807) is 6.08 Å². The average Bonchev–Trinajstić information content (AvgIpc) is 2.51. The van der Waals surface area contributed by atoms with E-state index in [9.17, 15) is 4.79 Å². The zero-order chi connectivity index (χ0) is 15.3. The summed E-state index contributed by atoms with van der Waals surface area (Å²) in [7, 11) is -0.402. The second-order valence-electron chi connectivity index (χ2n) is 5.32. The van der Waals surface area contributed by atoms with Crippen molar-refractivity contribution < 1.29 is 14.1 Å². The van der Waals surface area contributed by atoms with Crippen molar-refractivity contribution in [3.8, 4) is 0 Å². The van der Waals surface area contributed by atoms with Gasteiger partial charge in [0.2, 0.25) is 0 Å². The Kier molecular flexibility index (Phi) is 6.74. The van der Waals surface area contributed by atoms with E-state index < -0.39 is 7.12 Å². The van der Waals surface area contributed by atoms with Crippen LogP contribution in [-0.4, -0.2) is 24.1 Å². The molecule has 0 aromatic heterocycles. The molecule has 0 spiro atoms. The number of hydrogen-bond acceptors (Lipinski definition) is 3. The molecule has 0 amide bonds. The molecule has 0 aromatic rings. The van der Waals surface area contributed by atoms with E-state index in [1.807, 2.05) is 54.5 Å². The molecule has 108 valence electrons. The first-order valence-electron chi connectivity index (χ1n) is 6.90. The number of allylic oxidation sites excluding steroid dienone is 4. The highest BCUT2D eigenvalue weighted by Gasteiger charge is 2.51. The van der Waals surface area contributed by atoms with Crippen LogP contribution >= 0.6 is 0 Å². The highest BCUT2D eigenvalue weighted by molar-refractivity contribution is 6.55.